The number of hydrogen-bond acceptors (Lipinski definition) is 3. The number of anilines is 1. The van der Waals surface area contributed by atoms with Gasteiger partial charge in [-0.1, -0.05) is 48.5 Å². The van der Waals surface area contributed by atoms with Crippen molar-refractivity contribution in [1.29, 1.82) is 0 Å². The molecule has 0 radical (unpaired) electrons. The van der Waals surface area contributed by atoms with Crippen LogP contribution in [0, 0.1) is 0 Å². The van der Waals surface area contributed by atoms with E-state index in [-0.39, 0.29) is 12.5 Å². The molecule has 5 heteroatoms. The molecule has 3 amide bonds. The third-order valence-electron chi connectivity index (χ3n) is 3.13. The lowest BCUT2D eigenvalue weighted by Gasteiger charge is -2.18. The summed E-state index contributed by atoms with van der Waals surface area (Å²) in [5.74, 6) is -0.350. The molecule has 114 valence electrons. The molecule has 2 aromatic carbocycles. The van der Waals surface area contributed by atoms with Gasteiger partial charge in [-0.15, -0.1) is 0 Å². The quantitative estimate of drug-likeness (QED) is 0.889. The molecular formula is C17H19N3O2. The number of para-hydroxylation sites is 1. The van der Waals surface area contributed by atoms with E-state index in [0.717, 1.165) is 11.3 Å². The highest BCUT2D eigenvalue weighted by molar-refractivity contribution is 5.96. The number of carbonyl (C=O) groups excluding carboxylic acids is 2. The van der Waals surface area contributed by atoms with E-state index in [1.807, 2.05) is 60.7 Å². The molecule has 0 aliphatic heterocycles. The Hall–Kier alpha value is -2.82. The van der Waals surface area contributed by atoms with Crippen LogP contribution in [0.3, 0.4) is 0 Å². The van der Waals surface area contributed by atoms with Gasteiger partial charge in [-0.3, -0.25) is 10.1 Å². The number of benzene rings is 2. The average Bonchev–Trinajstić information content (AvgIpc) is 2.54. The molecule has 0 saturated heterocycles. The van der Waals surface area contributed by atoms with Crippen LogP contribution in [-0.4, -0.2) is 25.5 Å². The Balaban J connectivity index is 1.75. The zero-order chi connectivity index (χ0) is 15.8. The van der Waals surface area contributed by atoms with Crippen LogP contribution >= 0.6 is 0 Å². The van der Waals surface area contributed by atoms with Crippen molar-refractivity contribution < 1.29 is 9.59 Å². The van der Waals surface area contributed by atoms with Gasteiger partial charge in [0.15, 0.2) is 0 Å². The molecule has 0 aliphatic carbocycles. The van der Waals surface area contributed by atoms with Gasteiger partial charge in [-0.05, 0) is 17.7 Å². The molecule has 22 heavy (non-hydrogen) atoms. The lowest BCUT2D eigenvalue weighted by Crippen LogP contribution is -2.43. The number of hydrogen-bond donors (Lipinski definition) is 2. The van der Waals surface area contributed by atoms with Crippen molar-refractivity contribution in [2.45, 2.75) is 6.54 Å². The second-order valence-electron chi connectivity index (χ2n) is 4.91. The minimum absolute atomic E-state index is 0.114. The van der Waals surface area contributed by atoms with E-state index in [0.29, 0.717) is 6.54 Å². The topological polar surface area (TPSA) is 61.4 Å². The standard InChI is InChI=1S/C17H19N3O2/c1-20(15-10-6-3-7-11-15)13-16(21)19-17(22)18-12-14-8-4-2-5-9-14/h2-11H,12-13H2,1H3,(H2,18,19,21,22). The van der Waals surface area contributed by atoms with Crippen LogP contribution in [0.1, 0.15) is 5.56 Å². The summed E-state index contributed by atoms with van der Waals surface area (Å²) in [6.07, 6.45) is 0. The second kappa shape index (κ2) is 7.83. The van der Waals surface area contributed by atoms with Gasteiger partial charge in [-0.25, -0.2) is 4.79 Å². The number of imide groups is 1. The Morgan fingerprint density at radius 2 is 1.55 bits per heavy atom. The highest BCUT2D eigenvalue weighted by atomic mass is 16.2. The first-order valence-electron chi connectivity index (χ1n) is 7.03. The summed E-state index contributed by atoms with van der Waals surface area (Å²) in [6, 6.07) is 18.6. The van der Waals surface area contributed by atoms with Crippen molar-refractivity contribution in [2.24, 2.45) is 0 Å². The maximum Gasteiger partial charge on any atom is 0.321 e. The summed E-state index contributed by atoms with van der Waals surface area (Å²) in [5.41, 5.74) is 1.90. The molecule has 0 saturated carbocycles. The van der Waals surface area contributed by atoms with Crippen molar-refractivity contribution in [1.82, 2.24) is 10.6 Å². The average molecular weight is 297 g/mol. The lowest BCUT2D eigenvalue weighted by atomic mass is 10.2. The van der Waals surface area contributed by atoms with Crippen LogP contribution in [0.4, 0.5) is 10.5 Å². The maximum atomic E-state index is 11.8. The predicted molar refractivity (Wildman–Crippen MR) is 86.5 cm³/mol. The summed E-state index contributed by atoms with van der Waals surface area (Å²) in [5, 5.41) is 4.97. The Labute approximate surface area is 129 Å². The summed E-state index contributed by atoms with van der Waals surface area (Å²) >= 11 is 0. The molecule has 0 aromatic heterocycles. The van der Waals surface area contributed by atoms with Gasteiger partial charge >= 0.3 is 6.03 Å². The SMILES string of the molecule is CN(CC(=O)NC(=O)NCc1ccccc1)c1ccccc1. The molecular weight excluding hydrogens is 278 g/mol. The highest BCUT2D eigenvalue weighted by Gasteiger charge is 2.10. The van der Waals surface area contributed by atoms with Crippen molar-refractivity contribution >= 4 is 17.6 Å². The molecule has 2 N–H and O–H groups in total. The van der Waals surface area contributed by atoms with Gasteiger partial charge < -0.3 is 10.2 Å². The Bertz CT molecular complexity index is 614. The number of rotatable bonds is 5. The summed E-state index contributed by atoms with van der Waals surface area (Å²) < 4.78 is 0. The van der Waals surface area contributed by atoms with E-state index in [2.05, 4.69) is 10.6 Å². The lowest BCUT2D eigenvalue weighted by molar-refractivity contribution is -0.118. The summed E-state index contributed by atoms with van der Waals surface area (Å²) in [7, 11) is 1.80. The fourth-order valence-electron chi connectivity index (χ4n) is 1.98. The van der Waals surface area contributed by atoms with Gasteiger partial charge in [0.2, 0.25) is 5.91 Å². The third kappa shape index (κ3) is 4.94. The van der Waals surface area contributed by atoms with E-state index in [4.69, 9.17) is 0 Å². The molecule has 5 nitrogen and oxygen atoms in total. The molecule has 0 bridgehead atoms. The van der Waals surface area contributed by atoms with E-state index >= 15 is 0 Å². The zero-order valence-corrected chi connectivity index (χ0v) is 12.5. The predicted octanol–water partition coefficient (Wildman–Crippen LogP) is 2.15. The van der Waals surface area contributed by atoms with Crippen LogP contribution in [0.5, 0.6) is 0 Å². The molecule has 2 rings (SSSR count). The van der Waals surface area contributed by atoms with Crippen LogP contribution in [0.25, 0.3) is 0 Å². The first-order chi connectivity index (χ1) is 10.6. The number of urea groups is 1. The van der Waals surface area contributed by atoms with Crippen LogP contribution in [0.2, 0.25) is 0 Å². The van der Waals surface area contributed by atoms with Gasteiger partial charge in [0, 0.05) is 19.3 Å². The fraction of sp³-hybridized carbons (Fsp3) is 0.176. The van der Waals surface area contributed by atoms with Gasteiger partial charge in [0.1, 0.15) is 0 Å². The third-order valence-corrected chi connectivity index (χ3v) is 3.13. The maximum absolute atomic E-state index is 11.8. The summed E-state index contributed by atoms with van der Waals surface area (Å²) in [4.78, 5) is 25.3. The van der Waals surface area contributed by atoms with Gasteiger partial charge in [0.05, 0.1) is 6.54 Å². The van der Waals surface area contributed by atoms with Crippen molar-refractivity contribution in [3.8, 4) is 0 Å². The number of nitrogens with zero attached hydrogens (tertiary/aromatic N) is 1. The van der Waals surface area contributed by atoms with Crippen LogP contribution < -0.4 is 15.5 Å². The molecule has 0 spiro atoms. The molecule has 2 aromatic rings. The van der Waals surface area contributed by atoms with Crippen LogP contribution in [0.15, 0.2) is 60.7 Å². The highest BCUT2D eigenvalue weighted by Crippen LogP contribution is 2.09. The Morgan fingerprint density at radius 3 is 2.18 bits per heavy atom. The molecule has 0 unspecified atom stereocenters. The zero-order valence-electron chi connectivity index (χ0n) is 12.5. The molecule has 0 aliphatic rings. The van der Waals surface area contributed by atoms with Gasteiger partial charge in [0.25, 0.3) is 0 Å². The van der Waals surface area contributed by atoms with E-state index in [9.17, 15) is 9.59 Å². The first-order valence-corrected chi connectivity index (χ1v) is 7.03. The first kappa shape index (κ1) is 15.6. The van der Waals surface area contributed by atoms with Gasteiger partial charge in [-0.2, -0.15) is 0 Å². The number of likely N-dealkylation sites (N-methyl/N-ethyl adjacent to an activating group) is 1. The second-order valence-corrected chi connectivity index (χ2v) is 4.91. The van der Waals surface area contributed by atoms with E-state index in [1.165, 1.54) is 0 Å². The Morgan fingerprint density at radius 1 is 0.955 bits per heavy atom. The molecule has 0 fully saturated rings. The fourth-order valence-corrected chi connectivity index (χ4v) is 1.98. The number of nitrogens with one attached hydrogen (secondary N) is 2. The molecule has 0 heterocycles. The normalized spacial score (nSPS) is 9.86. The minimum atomic E-state index is -0.490. The van der Waals surface area contributed by atoms with E-state index in [1.54, 1.807) is 11.9 Å². The largest absolute Gasteiger partial charge is 0.365 e. The van der Waals surface area contributed by atoms with E-state index < -0.39 is 6.03 Å². The van der Waals surface area contributed by atoms with Crippen molar-refractivity contribution in [3.63, 3.8) is 0 Å². The molecule has 0 atom stereocenters. The number of amides is 3. The van der Waals surface area contributed by atoms with Crippen molar-refractivity contribution in [2.75, 3.05) is 18.5 Å². The minimum Gasteiger partial charge on any atom is -0.365 e. The number of carbonyl (C=O) groups is 2. The summed E-state index contributed by atoms with van der Waals surface area (Å²) in [6.45, 7) is 0.497. The Kier molecular flexibility index (Phi) is 5.54. The smallest absolute Gasteiger partial charge is 0.321 e. The monoisotopic (exact) mass is 297 g/mol. The van der Waals surface area contributed by atoms with Crippen molar-refractivity contribution in [3.05, 3.63) is 66.2 Å². The van der Waals surface area contributed by atoms with Crippen LogP contribution in [-0.2, 0) is 11.3 Å².